The monoisotopic (exact) mass is 631 g/mol. The number of unbranched alkanes of at least 4 members (excludes halogenated alkanes) is 13. The molecule has 2 atom stereocenters. The molecule has 0 heterocycles. The van der Waals surface area contributed by atoms with Crippen molar-refractivity contribution in [3.05, 3.63) is 24.3 Å². The van der Waals surface area contributed by atoms with Gasteiger partial charge in [-0.2, -0.15) is 0 Å². The molecule has 0 saturated heterocycles. The fourth-order valence-corrected chi connectivity index (χ4v) is 4.98. The van der Waals surface area contributed by atoms with E-state index in [1.165, 1.54) is 57.8 Å². The largest absolute Gasteiger partial charge is 0.756 e. The van der Waals surface area contributed by atoms with Crippen molar-refractivity contribution in [1.29, 1.82) is 0 Å². The van der Waals surface area contributed by atoms with Gasteiger partial charge in [0.2, 0.25) is 0 Å². The predicted octanol–water partition coefficient (Wildman–Crippen LogP) is 8.30. The number of ether oxygens (including phenoxy) is 2. The van der Waals surface area contributed by atoms with E-state index in [1.54, 1.807) is 0 Å². The highest BCUT2D eigenvalue weighted by Crippen LogP contribution is 2.38. The average molecular weight is 632 g/mol. The highest BCUT2D eigenvalue weighted by Gasteiger charge is 2.20. The zero-order valence-corrected chi connectivity index (χ0v) is 29.3. The number of nitrogens with zero attached hydrogens (tertiary/aromatic N) is 1. The van der Waals surface area contributed by atoms with Gasteiger partial charge in [0, 0.05) is 13.0 Å². The van der Waals surface area contributed by atoms with Crippen molar-refractivity contribution in [1.82, 2.24) is 0 Å². The molecule has 0 aromatic heterocycles. The van der Waals surface area contributed by atoms with E-state index in [9.17, 15) is 14.3 Å². The average Bonchev–Trinajstić information content (AvgIpc) is 2.94. The Morgan fingerprint density at radius 3 is 1.77 bits per heavy atom. The van der Waals surface area contributed by atoms with Gasteiger partial charge in [-0.25, -0.2) is 0 Å². The number of carbonyl (C=O) groups excluding carboxylic acids is 1. The third-order valence-corrected chi connectivity index (χ3v) is 7.90. The minimum Gasteiger partial charge on any atom is -0.756 e. The number of quaternary nitrogens is 1. The Hall–Kier alpha value is -1.02. The number of phosphoric ester groups is 1. The van der Waals surface area contributed by atoms with Crippen LogP contribution in [0.3, 0.4) is 0 Å². The first-order chi connectivity index (χ1) is 20.6. The van der Waals surface area contributed by atoms with E-state index < -0.39 is 13.9 Å². The van der Waals surface area contributed by atoms with Gasteiger partial charge in [0.05, 0.1) is 34.4 Å². The minimum atomic E-state index is -4.51. The van der Waals surface area contributed by atoms with E-state index in [0.717, 1.165) is 51.4 Å². The van der Waals surface area contributed by atoms with Crippen LogP contribution in [0.5, 0.6) is 0 Å². The number of phosphoric acid groups is 1. The van der Waals surface area contributed by atoms with Crippen LogP contribution >= 0.6 is 7.82 Å². The standard InChI is InChI=1S/C34H66NO7P/c1-6-8-10-12-14-16-18-20-22-24-26-29-39-31-33(32-41-43(37,38)40-30-28-35(3,4)5)42-34(36)27-25-23-21-19-17-15-13-11-9-7-2/h10-13,33H,6-9,14-32H2,1-5H3/b12-10-,13-11-. The SMILES string of the molecule is CCC/C=C\CCCCCCCCOCC(COP(=O)([O-])OCC[N+](C)(C)C)OC(=O)CCCCCCC/C=C\CCC. The Balaban J connectivity index is 4.38. The van der Waals surface area contributed by atoms with E-state index in [4.69, 9.17) is 18.5 Å². The Labute approximate surface area is 264 Å². The summed E-state index contributed by atoms with van der Waals surface area (Å²) < 4.78 is 34.2. The van der Waals surface area contributed by atoms with Crippen LogP contribution in [0.25, 0.3) is 0 Å². The van der Waals surface area contributed by atoms with Crippen molar-refractivity contribution in [3.8, 4) is 0 Å². The Kier molecular flexibility index (Phi) is 27.8. The summed E-state index contributed by atoms with van der Waals surface area (Å²) >= 11 is 0. The quantitative estimate of drug-likeness (QED) is 0.0250. The molecule has 0 rings (SSSR count). The summed E-state index contributed by atoms with van der Waals surface area (Å²) in [5, 5.41) is 0. The number of carbonyl (C=O) groups is 1. The second-order valence-corrected chi connectivity index (χ2v) is 13.9. The first kappa shape index (κ1) is 42.0. The second kappa shape index (κ2) is 28.5. The Morgan fingerprint density at radius 1 is 0.698 bits per heavy atom. The molecule has 2 unspecified atom stereocenters. The highest BCUT2D eigenvalue weighted by molar-refractivity contribution is 7.45. The minimum absolute atomic E-state index is 0.0236. The molecule has 8 nitrogen and oxygen atoms in total. The maximum atomic E-state index is 12.5. The van der Waals surface area contributed by atoms with Crippen molar-refractivity contribution >= 4 is 13.8 Å². The summed E-state index contributed by atoms with van der Waals surface area (Å²) in [5.74, 6) is -0.351. The topological polar surface area (TPSA) is 94.1 Å². The molecule has 0 aliphatic rings. The third kappa shape index (κ3) is 32.2. The molecule has 43 heavy (non-hydrogen) atoms. The third-order valence-electron chi connectivity index (χ3n) is 6.94. The summed E-state index contributed by atoms with van der Waals surface area (Å²) in [6.45, 7) is 5.24. The first-order valence-corrected chi connectivity index (χ1v) is 18.5. The lowest BCUT2D eigenvalue weighted by molar-refractivity contribution is -0.870. The van der Waals surface area contributed by atoms with Crippen molar-refractivity contribution in [2.24, 2.45) is 0 Å². The summed E-state index contributed by atoms with van der Waals surface area (Å²) in [5.41, 5.74) is 0. The summed E-state index contributed by atoms with van der Waals surface area (Å²) in [7, 11) is 1.34. The fourth-order valence-electron chi connectivity index (χ4n) is 4.25. The molecule has 0 saturated carbocycles. The number of rotatable bonds is 31. The molecule has 0 N–H and O–H groups in total. The molecular weight excluding hydrogens is 565 g/mol. The molecule has 0 aromatic carbocycles. The molecule has 9 heteroatoms. The van der Waals surface area contributed by atoms with Gasteiger partial charge in [0.1, 0.15) is 19.3 Å². The summed E-state index contributed by atoms with van der Waals surface area (Å²) in [6.07, 6.45) is 27.6. The molecule has 0 aliphatic heterocycles. The maximum absolute atomic E-state index is 12.5. The van der Waals surface area contributed by atoms with Crippen LogP contribution in [-0.2, 0) is 27.9 Å². The van der Waals surface area contributed by atoms with E-state index in [-0.39, 0.29) is 25.8 Å². The Morgan fingerprint density at radius 2 is 1.21 bits per heavy atom. The van der Waals surface area contributed by atoms with E-state index >= 15 is 0 Å². The molecule has 0 bridgehead atoms. The van der Waals surface area contributed by atoms with Crippen LogP contribution in [0.4, 0.5) is 0 Å². The molecule has 254 valence electrons. The van der Waals surface area contributed by atoms with Crippen LogP contribution in [-0.4, -0.2) is 70.7 Å². The molecule has 0 fully saturated rings. The maximum Gasteiger partial charge on any atom is 0.306 e. The van der Waals surface area contributed by atoms with Crippen molar-refractivity contribution in [2.45, 2.75) is 136 Å². The smallest absolute Gasteiger partial charge is 0.306 e. The fraction of sp³-hybridized carbons (Fsp3) is 0.853. The van der Waals surface area contributed by atoms with Gasteiger partial charge in [-0.3, -0.25) is 9.36 Å². The number of allylic oxidation sites excluding steroid dienone is 4. The zero-order valence-electron chi connectivity index (χ0n) is 28.4. The molecule has 0 spiro atoms. The van der Waals surface area contributed by atoms with Crippen molar-refractivity contribution in [3.63, 3.8) is 0 Å². The normalized spacial score (nSPS) is 14.5. The number of esters is 1. The molecule has 0 aliphatic carbocycles. The van der Waals surface area contributed by atoms with Gasteiger partial charge in [-0.15, -0.1) is 0 Å². The van der Waals surface area contributed by atoms with Gasteiger partial charge >= 0.3 is 5.97 Å². The molecule has 0 radical (unpaired) electrons. The predicted molar refractivity (Wildman–Crippen MR) is 176 cm³/mol. The zero-order chi connectivity index (χ0) is 32.1. The highest BCUT2D eigenvalue weighted by atomic mass is 31.2. The van der Waals surface area contributed by atoms with Crippen LogP contribution in [0.1, 0.15) is 129 Å². The second-order valence-electron chi connectivity index (χ2n) is 12.5. The lowest BCUT2D eigenvalue weighted by Crippen LogP contribution is -2.37. The Bertz CT molecular complexity index is 752. The summed E-state index contributed by atoms with van der Waals surface area (Å²) in [4.78, 5) is 24.8. The lowest BCUT2D eigenvalue weighted by Gasteiger charge is -2.28. The van der Waals surface area contributed by atoms with Gasteiger partial charge in [0.25, 0.3) is 7.82 Å². The van der Waals surface area contributed by atoms with Gasteiger partial charge in [0.15, 0.2) is 0 Å². The van der Waals surface area contributed by atoms with E-state index in [2.05, 4.69) is 38.2 Å². The molecule has 0 aromatic rings. The molecular formula is C34H66NO7P. The van der Waals surface area contributed by atoms with Gasteiger partial charge in [-0.05, 0) is 51.4 Å². The first-order valence-electron chi connectivity index (χ1n) is 17.1. The van der Waals surface area contributed by atoms with Gasteiger partial charge in [-0.1, -0.05) is 95.9 Å². The van der Waals surface area contributed by atoms with Crippen molar-refractivity contribution in [2.75, 3.05) is 54.1 Å². The van der Waals surface area contributed by atoms with Gasteiger partial charge < -0.3 is 27.9 Å². The van der Waals surface area contributed by atoms with Crippen LogP contribution < -0.4 is 4.89 Å². The van der Waals surface area contributed by atoms with Crippen LogP contribution in [0.15, 0.2) is 24.3 Å². The number of hydrogen-bond acceptors (Lipinski definition) is 7. The van der Waals surface area contributed by atoms with Crippen molar-refractivity contribution < 1.29 is 37.3 Å². The van der Waals surface area contributed by atoms with Crippen LogP contribution in [0, 0.1) is 0 Å². The number of hydrogen-bond donors (Lipinski definition) is 0. The number of likely N-dealkylation sites (N-methyl/N-ethyl adjacent to an activating group) is 1. The van der Waals surface area contributed by atoms with E-state index in [0.29, 0.717) is 24.1 Å². The van der Waals surface area contributed by atoms with Crippen LogP contribution in [0.2, 0.25) is 0 Å². The summed E-state index contributed by atoms with van der Waals surface area (Å²) in [6, 6.07) is 0. The lowest BCUT2D eigenvalue weighted by atomic mass is 10.1. The molecule has 0 amide bonds. The van der Waals surface area contributed by atoms with E-state index in [1.807, 2.05) is 21.1 Å².